The molecule has 0 fully saturated rings. The predicted molar refractivity (Wildman–Crippen MR) is 74.0 cm³/mol. The Morgan fingerprint density at radius 2 is 2.17 bits per heavy atom. The number of halogens is 2. The lowest BCUT2D eigenvalue weighted by Crippen LogP contribution is -2.14. The van der Waals surface area contributed by atoms with Crippen molar-refractivity contribution in [2.75, 3.05) is 12.4 Å². The maximum Gasteiger partial charge on any atom is 0.310 e. The van der Waals surface area contributed by atoms with Crippen LogP contribution in [0.4, 0.5) is 11.5 Å². The molecule has 94 valence electrons. The number of fused-ring (bicyclic) bond motifs is 1. The fraction of sp³-hybridized carbons (Fsp3) is 0.111. The van der Waals surface area contributed by atoms with E-state index in [1.807, 2.05) is 0 Å². The summed E-state index contributed by atoms with van der Waals surface area (Å²) in [7, 11) is 1.55. The Labute approximate surface area is 117 Å². The van der Waals surface area contributed by atoms with Crippen LogP contribution in [0.2, 0.25) is 0 Å². The average molecular weight is 378 g/mol. The van der Waals surface area contributed by atoms with Crippen molar-refractivity contribution in [3.05, 3.63) is 35.5 Å². The number of nitrogens with one attached hydrogen (secondary N) is 2. The Bertz CT molecular complexity index is 713. The number of nitrogens with zero attached hydrogens (tertiary/aromatic N) is 2. The number of nitro benzene ring substituents is 1. The largest absolute Gasteiger partial charge is 0.369 e. The van der Waals surface area contributed by atoms with Gasteiger partial charge in [0.05, 0.1) is 10.4 Å². The predicted octanol–water partition coefficient (Wildman–Crippen LogP) is 2.40. The van der Waals surface area contributed by atoms with Crippen LogP contribution < -0.4 is 10.9 Å². The van der Waals surface area contributed by atoms with Crippen LogP contribution in [-0.2, 0) is 0 Å². The highest BCUT2D eigenvalue weighted by molar-refractivity contribution is 9.13. The minimum Gasteiger partial charge on any atom is -0.369 e. The molecule has 18 heavy (non-hydrogen) atoms. The highest BCUT2D eigenvalue weighted by Crippen LogP contribution is 2.37. The molecule has 0 amide bonds. The molecule has 2 aromatic rings. The molecule has 0 unspecified atom stereocenters. The van der Waals surface area contributed by atoms with Crippen LogP contribution in [0.3, 0.4) is 0 Å². The van der Waals surface area contributed by atoms with Crippen LogP contribution in [-0.4, -0.2) is 21.9 Å². The van der Waals surface area contributed by atoms with E-state index < -0.39 is 10.5 Å². The summed E-state index contributed by atoms with van der Waals surface area (Å²) in [4.78, 5) is 28.6. The number of benzene rings is 1. The monoisotopic (exact) mass is 376 g/mol. The second-order valence-electron chi connectivity index (χ2n) is 3.34. The van der Waals surface area contributed by atoms with Gasteiger partial charge in [0.15, 0.2) is 5.82 Å². The molecule has 7 nitrogen and oxygen atoms in total. The highest BCUT2D eigenvalue weighted by atomic mass is 79.9. The first-order valence-electron chi connectivity index (χ1n) is 4.70. The SMILES string of the molecule is CNc1nc2cc(Br)c(Br)c([N+](=O)[O-])c2[nH]c1=O. The molecule has 1 aromatic heterocycles. The molecule has 0 saturated carbocycles. The Hall–Kier alpha value is -1.48. The topological polar surface area (TPSA) is 101 Å². The normalized spacial score (nSPS) is 10.6. The smallest absolute Gasteiger partial charge is 0.310 e. The molecule has 0 aliphatic rings. The Morgan fingerprint density at radius 3 is 2.72 bits per heavy atom. The summed E-state index contributed by atoms with van der Waals surface area (Å²) in [6.45, 7) is 0. The van der Waals surface area contributed by atoms with Gasteiger partial charge in [0.2, 0.25) is 0 Å². The van der Waals surface area contributed by atoms with Crippen molar-refractivity contribution in [1.29, 1.82) is 0 Å². The van der Waals surface area contributed by atoms with Gasteiger partial charge in [0.25, 0.3) is 5.56 Å². The maximum absolute atomic E-state index is 11.6. The summed E-state index contributed by atoms with van der Waals surface area (Å²) < 4.78 is 0.748. The Kier molecular flexibility index (Phi) is 3.35. The van der Waals surface area contributed by atoms with Crippen LogP contribution in [0.1, 0.15) is 0 Å². The van der Waals surface area contributed by atoms with E-state index in [1.165, 1.54) is 0 Å². The number of hydrogen-bond acceptors (Lipinski definition) is 5. The van der Waals surface area contributed by atoms with Crippen LogP contribution in [0.5, 0.6) is 0 Å². The van der Waals surface area contributed by atoms with E-state index in [9.17, 15) is 14.9 Å². The molecule has 0 aliphatic heterocycles. The first kappa shape index (κ1) is 13.0. The van der Waals surface area contributed by atoms with Crippen molar-refractivity contribution in [1.82, 2.24) is 9.97 Å². The van der Waals surface area contributed by atoms with Crippen LogP contribution in [0, 0.1) is 10.1 Å². The van der Waals surface area contributed by atoms with Crippen LogP contribution >= 0.6 is 31.9 Å². The zero-order valence-corrected chi connectivity index (χ0v) is 12.1. The van der Waals surface area contributed by atoms with Gasteiger partial charge in [-0.05, 0) is 37.9 Å². The number of aromatic nitrogens is 2. The minimum atomic E-state index is -0.576. The molecule has 0 atom stereocenters. The summed E-state index contributed by atoms with van der Waals surface area (Å²) in [5.74, 6) is 0.103. The van der Waals surface area contributed by atoms with Gasteiger partial charge < -0.3 is 10.3 Å². The number of H-pyrrole nitrogens is 1. The second-order valence-corrected chi connectivity index (χ2v) is 4.98. The van der Waals surface area contributed by atoms with E-state index in [2.05, 4.69) is 47.1 Å². The van der Waals surface area contributed by atoms with Crippen molar-refractivity contribution in [3.63, 3.8) is 0 Å². The van der Waals surface area contributed by atoms with E-state index in [-0.39, 0.29) is 21.5 Å². The van der Waals surface area contributed by atoms with Crippen molar-refractivity contribution >= 4 is 54.4 Å². The Morgan fingerprint density at radius 1 is 1.50 bits per heavy atom. The third-order valence-electron chi connectivity index (χ3n) is 2.28. The Balaban J connectivity index is 2.97. The molecular weight excluding hydrogens is 372 g/mol. The van der Waals surface area contributed by atoms with Crippen molar-refractivity contribution in [2.45, 2.75) is 0 Å². The van der Waals surface area contributed by atoms with Gasteiger partial charge in [-0.25, -0.2) is 4.98 Å². The number of rotatable bonds is 2. The lowest BCUT2D eigenvalue weighted by atomic mass is 10.2. The molecule has 2 rings (SSSR count). The summed E-state index contributed by atoms with van der Waals surface area (Å²) in [5, 5.41) is 13.7. The highest BCUT2D eigenvalue weighted by Gasteiger charge is 2.22. The molecule has 0 radical (unpaired) electrons. The zero-order chi connectivity index (χ0) is 13.4. The summed E-state index contributed by atoms with van der Waals surface area (Å²) in [5.41, 5.74) is -0.339. The summed E-state index contributed by atoms with van der Waals surface area (Å²) >= 11 is 6.30. The summed E-state index contributed by atoms with van der Waals surface area (Å²) in [6.07, 6.45) is 0. The molecule has 0 aliphatic carbocycles. The molecule has 2 N–H and O–H groups in total. The average Bonchev–Trinajstić information content (AvgIpc) is 2.30. The lowest BCUT2D eigenvalue weighted by Gasteiger charge is -2.05. The van der Waals surface area contributed by atoms with Gasteiger partial charge in [0.1, 0.15) is 9.99 Å². The van der Waals surface area contributed by atoms with E-state index in [0.717, 1.165) is 0 Å². The molecule has 0 spiro atoms. The van der Waals surface area contributed by atoms with Gasteiger partial charge in [-0.3, -0.25) is 14.9 Å². The first-order valence-corrected chi connectivity index (χ1v) is 6.28. The maximum atomic E-state index is 11.6. The summed E-state index contributed by atoms with van der Waals surface area (Å²) in [6, 6.07) is 1.59. The van der Waals surface area contributed by atoms with Gasteiger partial charge >= 0.3 is 5.69 Å². The molecular formula is C9H6Br2N4O3. The van der Waals surface area contributed by atoms with E-state index >= 15 is 0 Å². The zero-order valence-electron chi connectivity index (χ0n) is 8.95. The van der Waals surface area contributed by atoms with Crippen LogP contribution in [0.25, 0.3) is 11.0 Å². The van der Waals surface area contributed by atoms with Crippen molar-refractivity contribution in [2.24, 2.45) is 0 Å². The fourth-order valence-electron chi connectivity index (χ4n) is 1.50. The molecule has 0 saturated heterocycles. The quantitative estimate of drug-likeness (QED) is 0.618. The molecule has 0 bridgehead atoms. The van der Waals surface area contributed by atoms with Gasteiger partial charge in [-0.15, -0.1) is 0 Å². The van der Waals surface area contributed by atoms with E-state index in [0.29, 0.717) is 9.99 Å². The van der Waals surface area contributed by atoms with Gasteiger partial charge in [0, 0.05) is 11.5 Å². The first-order chi connectivity index (χ1) is 8.45. The van der Waals surface area contributed by atoms with E-state index in [4.69, 9.17) is 0 Å². The van der Waals surface area contributed by atoms with E-state index in [1.54, 1.807) is 13.1 Å². The number of anilines is 1. The van der Waals surface area contributed by atoms with Crippen molar-refractivity contribution < 1.29 is 4.92 Å². The van der Waals surface area contributed by atoms with Gasteiger partial charge in [-0.1, -0.05) is 0 Å². The molecule has 1 heterocycles. The minimum absolute atomic E-state index is 0.0825. The second kappa shape index (κ2) is 4.65. The number of aromatic amines is 1. The lowest BCUT2D eigenvalue weighted by molar-refractivity contribution is -0.384. The van der Waals surface area contributed by atoms with Crippen molar-refractivity contribution in [3.8, 4) is 0 Å². The third-order valence-corrected chi connectivity index (χ3v) is 4.24. The molecule has 9 heteroatoms. The fourth-order valence-corrected chi connectivity index (χ4v) is 2.36. The third kappa shape index (κ3) is 1.99. The van der Waals surface area contributed by atoms with Crippen LogP contribution in [0.15, 0.2) is 19.8 Å². The molecule has 1 aromatic carbocycles. The number of hydrogen-bond donors (Lipinski definition) is 2. The number of nitro groups is 1. The van der Waals surface area contributed by atoms with Gasteiger partial charge in [-0.2, -0.15) is 0 Å². The standard InChI is InChI=1S/C9H6Br2N4O3/c1-12-8-9(16)14-6-4(13-8)2-3(10)5(11)7(6)15(17)18/h2H,1H3,(H,12,13)(H,14,16).